The number of rotatable bonds is 5. The summed E-state index contributed by atoms with van der Waals surface area (Å²) in [6.07, 6.45) is 3.45. The van der Waals surface area contributed by atoms with E-state index in [9.17, 15) is 14.7 Å². The molecule has 156 valence electrons. The predicted octanol–water partition coefficient (Wildman–Crippen LogP) is 0.491. The van der Waals surface area contributed by atoms with E-state index in [4.69, 9.17) is 0 Å². The molecule has 0 amide bonds. The SMILES string of the molecule is Cc1cccc(CCc2cc(=O)n3c(c2-c2c[nH]c4ccccc24)SC[C@H]3C(=O)[O-])c1.[Li+]. The molecule has 3 heterocycles. The summed E-state index contributed by atoms with van der Waals surface area (Å²) in [5.41, 5.74) is 6.02. The first-order valence-corrected chi connectivity index (χ1v) is 11.3. The van der Waals surface area contributed by atoms with Crippen molar-refractivity contribution in [2.24, 2.45) is 0 Å². The fourth-order valence-corrected chi connectivity index (χ4v) is 5.74. The van der Waals surface area contributed by atoms with Gasteiger partial charge in [-0.05, 0) is 37.0 Å². The van der Waals surface area contributed by atoms with Crippen LogP contribution in [0.5, 0.6) is 0 Å². The minimum absolute atomic E-state index is 0. The number of carbonyl (C=O) groups excluding carboxylic acids is 1. The van der Waals surface area contributed by atoms with Gasteiger partial charge in [-0.25, -0.2) is 0 Å². The first-order chi connectivity index (χ1) is 15.0. The summed E-state index contributed by atoms with van der Waals surface area (Å²) in [4.78, 5) is 27.9. The summed E-state index contributed by atoms with van der Waals surface area (Å²) < 4.78 is 1.40. The fourth-order valence-electron chi connectivity index (χ4n) is 4.40. The molecule has 0 saturated heterocycles. The number of aryl methyl sites for hydroxylation is 3. The smallest absolute Gasteiger partial charge is 0.548 e. The maximum atomic E-state index is 12.9. The van der Waals surface area contributed by atoms with Crippen LogP contribution >= 0.6 is 11.8 Å². The van der Waals surface area contributed by atoms with Crippen LogP contribution in [0.3, 0.4) is 0 Å². The molecule has 7 heteroatoms. The molecule has 1 aliphatic rings. The van der Waals surface area contributed by atoms with Crippen LogP contribution in [0, 0.1) is 6.92 Å². The van der Waals surface area contributed by atoms with E-state index in [1.165, 1.54) is 27.5 Å². The molecule has 5 rings (SSSR count). The molecule has 1 N–H and O–H groups in total. The van der Waals surface area contributed by atoms with Crippen molar-refractivity contribution in [2.75, 3.05) is 5.75 Å². The van der Waals surface area contributed by atoms with Crippen LogP contribution in [0.4, 0.5) is 0 Å². The predicted molar refractivity (Wildman–Crippen MR) is 121 cm³/mol. The second-order valence-electron chi connectivity index (χ2n) is 7.94. The van der Waals surface area contributed by atoms with Crippen molar-refractivity contribution in [2.45, 2.75) is 30.8 Å². The average Bonchev–Trinajstić information content (AvgIpc) is 3.38. The largest absolute Gasteiger partial charge is 1.00 e. The van der Waals surface area contributed by atoms with Crippen LogP contribution in [0.2, 0.25) is 0 Å². The maximum Gasteiger partial charge on any atom is 1.00 e. The fraction of sp³-hybridized carbons (Fsp3) is 0.200. The average molecular weight is 436 g/mol. The van der Waals surface area contributed by atoms with Gasteiger partial charge in [0.1, 0.15) is 0 Å². The molecule has 0 aliphatic carbocycles. The Balaban J connectivity index is 0.00000245. The number of H-pyrrole nitrogens is 1. The van der Waals surface area contributed by atoms with Crippen molar-refractivity contribution in [3.8, 4) is 11.1 Å². The number of pyridine rings is 1. The van der Waals surface area contributed by atoms with Gasteiger partial charge in [-0.3, -0.25) is 9.36 Å². The number of thioether (sulfide) groups is 1. The van der Waals surface area contributed by atoms with E-state index >= 15 is 0 Å². The number of aliphatic carboxylic acids is 1. The summed E-state index contributed by atoms with van der Waals surface area (Å²) in [5.74, 6) is -0.917. The number of hydrogen-bond acceptors (Lipinski definition) is 4. The first kappa shape index (κ1) is 22.5. The Morgan fingerprint density at radius 2 is 1.97 bits per heavy atom. The number of nitrogens with one attached hydrogen (secondary N) is 1. The van der Waals surface area contributed by atoms with Crippen molar-refractivity contribution in [3.63, 3.8) is 0 Å². The number of carboxylic acid groups (broad SMARTS) is 1. The molecular weight excluding hydrogens is 415 g/mol. The number of hydrogen-bond donors (Lipinski definition) is 1. The van der Waals surface area contributed by atoms with E-state index in [0.717, 1.165) is 34.0 Å². The Hall–Kier alpha value is -2.65. The number of para-hydroxylation sites is 1. The molecule has 0 fully saturated rings. The molecule has 0 bridgehead atoms. The van der Waals surface area contributed by atoms with Gasteiger partial charge in [0.2, 0.25) is 0 Å². The number of nitrogens with zero attached hydrogens (tertiary/aromatic N) is 1. The van der Waals surface area contributed by atoms with E-state index in [-0.39, 0.29) is 24.4 Å². The molecule has 32 heavy (non-hydrogen) atoms. The number of benzene rings is 2. The minimum Gasteiger partial charge on any atom is -0.548 e. The third kappa shape index (κ3) is 3.95. The molecule has 5 nitrogen and oxygen atoms in total. The monoisotopic (exact) mass is 436 g/mol. The van der Waals surface area contributed by atoms with Crippen LogP contribution in [0.1, 0.15) is 22.7 Å². The first-order valence-electron chi connectivity index (χ1n) is 10.3. The third-order valence-electron chi connectivity index (χ3n) is 5.87. The molecule has 1 atom stereocenters. The van der Waals surface area contributed by atoms with Gasteiger partial charge in [0.05, 0.1) is 17.0 Å². The molecule has 1 aliphatic heterocycles. The Morgan fingerprint density at radius 3 is 2.75 bits per heavy atom. The molecule has 4 aromatic rings. The van der Waals surface area contributed by atoms with Crippen LogP contribution < -0.4 is 29.5 Å². The second kappa shape index (κ2) is 9.07. The van der Waals surface area contributed by atoms with Crippen molar-refractivity contribution in [1.82, 2.24) is 9.55 Å². The van der Waals surface area contributed by atoms with Crippen molar-refractivity contribution in [1.29, 1.82) is 0 Å². The van der Waals surface area contributed by atoms with E-state index in [1.807, 2.05) is 36.5 Å². The van der Waals surface area contributed by atoms with Gasteiger partial charge in [-0.2, -0.15) is 0 Å². The van der Waals surface area contributed by atoms with E-state index in [0.29, 0.717) is 17.2 Å². The summed E-state index contributed by atoms with van der Waals surface area (Å²) in [6, 6.07) is 17.1. The number of aromatic nitrogens is 2. The summed E-state index contributed by atoms with van der Waals surface area (Å²) in [5, 5.41) is 13.4. The number of fused-ring (bicyclic) bond motifs is 2. The Labute approximate surface area is 202 Å². The van der Waals surface area contributed by atoms with Gasteiger partial charge in [0.25, 0.3) is 5.56 Å². The van der Waals surface area contributed by atoms with Crippen LogP contribution in [-0.4, -0.2) is 21.3 Å². The topological polar surface area (TPSA) is 77.9 Å². The maximum absolute atomic E-state index is 12.9. The number of carbonyl (C=O) groups is 1. The van der Waals surface area contributed by atoms with Gasteiger partial charge >= 0.3 is 18.9 Å². The third-order valence-corrected chi connectivity index (χ3v) is 7.03. The Morgan fingerprint density at radius 1 is 1.16 bits per heavy atom. The van der Waals surface area contributed by atoms with E-state index in [1.54, 1.807) is 6.07 Å². The molecule has 0 spiro atoms. The van der Waals surface area contributed by atoms with Crippen molar-refractivity contribution >= 4 is 28.6 Å². The van der Waals surface area contributed by atoms with Crippen LogP contribution in [0.15, 0.2) is 70.6 Å². The standard InChI is InChI=1S/C25H22N2O3S.Li/c1-15-5-4-6-16(11-15)9-10-17-12-22(28)27-21(25(29)30)14-31-24(27)23(17)19-13-26-20-8-3-2-7-18(19)20;/h2-8,11-13,21,26H,9-10,14H2,1H3,(H,29,30);/q;+1/p-1/t21-;/m0./s1. The Bertz CT molecular complexity index is 1380. The zero-order valence-corrected chi connectivity index (χ0v) is 18.9. The zero-order chi connectivity index (χ0) is 21.5. The van der Waals surface area contributed by atoms with Crippen molar-refractivity contribution < 1.29 is 28.8 Å². The number of aromatic amines is 1. The van der Waals surface area contributed by atoms with Gasteiger partial charge in [-0.1, -0.05) is 48.0 Å². The second-order valence-corrected chi connectivity index (χ2v) is 8.95. The van der Waals surface area contributed by atoms with Gasteiger partial charge in [0.15, 0.2) is 0 Å². The number of carboxylic acids is 1. The quantitative estimate of drug-likeness (QED) is 0.462. The molecule has 0 radical (unpaired) electrons. The van der Waals surface area contributed by atoms with Crippen LogP contribution in [0.25, 0.3) is 22.0 Å². The molecule has 0 saturated carbocycles. The van der Waals surface area contributed by atoms with Gasteiger partial charge in [-0.15, -0.1) is 11.8 Å². The molecule has 0 unspecified atom stereocenters. The molecular formula is C25H21LiN2O3S. The van der Waals surface area contributed by atoms with Gasteiger partial charge in [0, 0.05) is 40.0 Å². The summed E-state index contributed by atoms with van der Waals surface area (Å²) in [6.45, 7) is 2.07. The minimum atomic E-state index is -1.22. The summed E-state index contributed by atoms with van der Waals surface area (Å²) in [7, 11) is 0. The normalized spacial score (nSPS) is 14.8. The van der Waals surface area contributed by atoms with E-state index < -0.39 is 12.0 Å². The molecule has 2 aromatic heterocycles. The zero-order valence-electron chi connectivity index (χ0n) is 18.1. The Kier molecular flexibility index (Phi) is 6.39. The van der Waals surface area contributed by atoms with Crippen LogP contribution in [-0.2, 0) is 17.6 Å². The van der Waals surface area contributed by atoms with Crippen molar-refractivity contribution in [3.05, 3.63) is 87.8 Å². The summed E-state index contributed by atoms with van der Waals surface area (Å²) >= 11 is 1.42. The molecule has 2 aromatic carbocycles. The van der Waals surface area contributed by atoms with Gasteiger partial charge < -0.3 is 14.9 Å². The van der Waals surface area contributed by atoms with E-state index in [2.05, 4.69) is 30.1 Å².